The Labute approximate surface area is 158 Å². The minimum absolute atomic E-state index is 0.0472. The van der Waals surface area contributed by atoms with E-state index in [1.165, 1.54) is 0 Å². The van der Waals surface area contributed by atoms with Crippen LogP contribution in [0.2, 0.25) is 0 Å². The van der Waals surface area contributed by atoms with Gasteiger partial charge in [0.1, 0.15) is 6.04 Å². The fourth-order valence-electron chi connectivity index (χ4n) is 3.81. The lowest BCUT2D eigenvalue weighted by Gasteiger charge is -2.24. The number of aromatic nitrogens is 1. The highest BCUT2D eigenvalue weighted by molar-refractivity contribution is 5.97. The molecular weight excluding hydrogens is 338 g/mol. The van der Waals surface area contributed by atoms with Gasteiger partial charge in [-0.1, -0.05) is 36.4 Å². The van der Waals surface area contributed by atoms with E-state index in [-0.39, 0.29) is 17.9 Å². The molecule has 1 fully saturated rings. The van der Waals surface area contributed by atoms with Crippen LogP contribution >= 0.6 is 0 Å². The number of fused-ring (bicyclic) bond motifs is 1. The first-order chi connectivity index (χ1) is 13.2. The molecule has 1 saturated heterocycles. The van der Waals surface area contributed by atoms with Crippen LogP contribution in [0.4, 0.5) is 5.69 Å². The van der Waals surface area contributed by atoms with Gasteiger partial charge in [0.2, 0.25) is 11.8 Å². The van der Waals surface area contributed by atoms with Crippen molar-refractivity contribution in [1.82, 2.24) is 9.88 Å². The molecule has 0 bridgehead atoms. The number of likely N-dealkylation sites (tertiary alicyclic amines) is 1. The van der Waals surface area contributed by atoms with Crippen LogP contribution in [0.5, 0.6) is 0 Å². The van der Waals surface area contributed by atoms with Gasteiger partial charge in [-0.2, -0.15) is 0 Å². The second-order valence-corrected chi connectivity index (χ2v) is 6.96. The largest absolute Gasteiger partial charge is 0.361 e. The molecule has 2 aromatic carbocycles. The predicted octanol–water partition coefficient (Wildman–Crippen LogP) is 3.73. The average Bonchev–Trinajstić information content (AvgIpc) is 3.34. The molecule has 5 nitrogen and oxygen atoms in total. The summed E-state index contributed by atoms with van der Waals surface area (Å²) in [6.45, 7) is 0.652. The van der Waals surface area contributed by atoms with Crippen LogP contribution in [0.3, 0.4) is 0 Å². The van der Waals surface area contributed by atoms with Crippen molar-refractivity contribution in [2.45, 2.75) is 31.7 Å². The second kappa shape index (κ2) is 7.66. The molecule has 2 amide bonds. The van der Waals surface area contributed by atoms with Crippen molar-refractivity contribution in [3.05, 3.63) is 66.4 Å². The third-order valence-corrected chi connectivity index (χ3v) is 5.20. The molecule has 0 radical (unpaired) electrons. The molecule has 2 heterocycles. The third-order valence-electron chi connectivity index (χ3n) is 5.20. The van der Waals surface area contributed by atoms with Gasteiger partial charge in [0.25, 0.3) is 0 Å². The Balaban J connectivity index is 1.39. The lowest BCUT2D eigenvalue weighted by Crippen LogP contribution is -2.43. The van der Waals surface area contributed by atoms with E-state index in [9.17, 15) is 9.59 Å². The number of aryl methyl sites for hydroxylation is 1. The summed E-state index contributed by atoms with van der Waals surface area (Å²) in [7, 11) is 0. The first-order valence-corrected chi connectivity index (χ1v) is 9.43. The number of benzene rings is 2. The molecule has 0 saturated carbocycles. The highest BCUT2D eigenvalue weighted by atomic mass is 16.2. The fourth-order valence-corrected chi connectivity index (χ4v) is 3.81. The predicted molar refractivity (Wildman–Crippen MR) is 106 cm³/mol. The van der Waals surface area contributed by atoms with Crippen molar-refractivity contribution in [2.24, 2.45) is 0 Å². The van der Waals surface area contributed by atoms with Crippen LogP contribution in [0.25, 0.3) is 10.9 Å². The lowest BCUT2D eigenvalue weighted by molar-refractivity contribution is -0.136. The number of anilines is 1. The maximum atomic E-state index is 12.8. The van der Waals surface area contributed by atoms with Crippen LogP contribution in [-0.4, -0.2) is 34.3 Å². The number of carbonyl (C=O) groups is 2. The van der Waals surface area contributed by atoms with Crippen molar-refractivity contribution in [1.29, 1.82) is 0 Å². The summed E-state index contributed by atoms with van der Waals surface area (Å²) >= 11 is 0. The number of nitrogens with zero attached hydrogens (tertiary/aromatic N) is 1. The van der Waals surface area contributed by atoms with Crippen LogP contribution in [0.1, 0.15) is 24.8 Å². The highest BCUT2D eigenvalue weighted by Gasteiger charge is 2.33. The first-order valence-electron chi connectivity index (χ1n) is 9.43. The van der Waals surface area contributed by atoms with Gasteiger partial charge in [-0.05, 0) is 43.0 Å². The number of amides is 2. The molecule has 1 atom stereocenters. The molecule has 4 rings (SSSR count). The van der Waals surface area contributed by atoms with E-state index < -0.39 is 0 Å². The Morgan fingerprint density at radius 3 is 2.70 bits per heavy atom. The summed E-state index contributed by atoms with van der Waals surface area (Å²) in [5.41, 5.74) is 2.99. The number of aromatic amines is 1. The van der Waals surface area contributed by atoms with E-state index >= 15 is 0 Å². The zero-order chi connectivity index (χ0) is 18.6. The summed E-state index contributed by atoms with van der Waals surface area (Å²) in [5, 5.41) is 4.08. The summed E-state index contributed by atoms with van der Waals surface area (Å²) < 4.78 is 0. The summed E-state index contributed by atoms with van der Waals surface area (Å²) in [6, 6.07) is 17.1. The van der Waals surface area contributed by atoms with Crippen LogP contribution < -0.4 is 5.32 Å². The molecule has 1 aromatic heterocycles. The van der Waals surface area contributed by atoms with Gasteiger partial charge in [-0.15, -0.1) is 0 Å². The maximum absolute atomic E-state index is 12.8. The average molecular weight is 361 g/mol. The van der Waals surface area contributed by atoms with E-state index in [2.05, 4.69) is 16.4 Å². The quantitative estimate of drug-likeness (QED) is 0.727. The Morgan fingerprint density at radius 2 is 1.85 bits per heavy atom. The van der Waals surface area contributed by atoms with E-state index in [1.807, 2.05) is 54.7 Å². The second-order valence-electron chi connectivity index (χ2n) is 6.96. The number of carbonyl (C=O) groups excluding carboxylic acids is 2. The van der Waals surface area contributed by atoms with Crippen LogP contribution in [0, 0.1) is 0 Å². The van der Waals surface area contributed by atoms with Crippen molar-refractivity contribution in [3.63, 3.8) is 0 Å². The van der Waals surface area contributed by atoms with Crippen molar-refractivity contribution >= 4 is 28.4 Å². The van der Waals surface area contributed by atoms with E-state index in [4.69, 9.17) is 0 Å². The van der Waals surface area contributed by atoms with E-state index in [0.717, 1.165) is 35.0 Å². The van der Waals surface area contributed by atoms with Crippen molar-refractivity contribution in [2.75, 3.05) is 11.9 Å². The normalized spacial score (nSPS) is 16.6. The van der Waals surface area contributed by atoms with Crippen molar-refractivity contribution < 1.29 is 9.59 Å². The molecular formula is C22H23N3O2. The topological polar surface area (TPSA) is 65.2 Å². The number of H-pyrrole nitrogens is 1. The SMILES string of the molecule is O=C(Nc1ccccc1)C1CCCN1C(=O)CCc1c[nH]c2ccccc12. The third kappa shape index (κ3) is 3.72. The lowest BCUT2D eigenvalue weighted by atomic mass is 10.1. The zero-order valence-electron chi connectivity index (χ0n) is 15.2. The van der Waals surface area contributed by atoms with E-state index in [0.29, 0.717) is 19.4 Å². The monoisotopic (exact) mass is 361 g/mol. The number of hydrogen-bond acceptors (Lipinski definition) is 2. The first kappa shape index (κ1) is 17.3. The number of para-hydroxylation sites is 2. The summed E-state index contributed by atoms with van der Waals surface area (Å²) in [4.78, 5) is 30.4. The Hall–Kier alpha value is -3.08. The summed E-state index contributed by atoms with van der Waals surface area (Å²) in [6.07, 6.45) is 4.65. The van der Waals surface area contributed by atoms with Crippen LogP contribution in [-0.2, 0) is 16.0 Å². The number of nitrogens with one attached hydrogen (secondary N) is 2. The molecule has 2 N–H and O–H groups in total. The highest BCUT2D eigenvalue weighted by Crippen LogP contribution is 2.23. The molecule has 1 aliphatic rings. The van der Waals surface area contributed by atoms with Gasteiger partial charge < -0.3 is 15.2 Å². The van der Waals surface area contributed by atoms with Gasteiger partial charge in [0.15, 0.2) is 0 Å². The Bertz CT molecular complexity index is 948. The van der Waals surface area contributed by atoms with Gasteiger partial charge in [-0.3, -0.25) is 9.59 Å². The van der Waals surface area contributed by atoms with Gasteiger partial charge in [0.05, 0.1) is 0 Å². The zero-order valence-corrected chi connectivity index (χ0v) is 15.2. The molecule has 1 unspecified atom stereocenters. The minimum atomic E-state index is -0.374. The van der Waals surface area contributed by atoms with E-state index in [1.54, 1.807) is 4.90 Å². The minimum Gasteiger partial charge on any atom is -0.361 e. The van der Waals surface area contributed by atoms with Gasteiger partial charge >= 0.3 is 0 Å². The molecule has 5 heteroatoms. The molecule has 1 aliphatic heterocycles. The molecule has 3 aromatic rings. The van der Waals surface area contributed by atoms with Gasteiger partial charge in [-0.25, -0.2) is 0 Å². The standard InChI is InChI=1S/C22H23N3O2/c26-21(13-12-16-15-23-19-10-5-4-9-18(16)19)25-14-6-11-20(25)22(27)24-17-7-2-1-3-8-17/h1-5,7-10,15,20,23H,6,11-14H2,(H,24,27). The maximum Gasteiger partial charge on any atom is 0.247 e. The molecule has 27 heavy (non-hydrogen) atoms. The Morgan fingerprint density at radius 1 is 1.07 bits per heavy atom. The molecule has 0 aliphatic carbocycles. The van der Waals surface area contributed by atoms with Crippen molar-refractivity contribution in [3.8, 4) is 0 Å². The van der Waals surface area contributed by atoms with Gasteiger partial charge in [0, 0.05) is 35.8 Å². The smallest absolute Gasteiger partial charge is 0.247 e. The number of hydrogen-bond donors (Lipinski definition) is 2. The van der Waals surface area contributed by atoms with Crippen LogP contribution in [0.15, 0.2) is 60.8 Å². The summed E-state index contributed by atoms with van der Waals surface area (Å²) in [5.74, 6) is -0.0508. The Kier molecular flexibility index (Phi) is 4.92. The fraction of sp³-hybridized carbons (Fsp3) is 0.273. The molecule has 0 spiro atoms. The molecule has 138 valence electrons. The number of rotatable bonds is 5.